The molecule has 3 nitrogen and oxygen atoms in total. The lowest BCUT2D eigenvalue weighted by Gasteiger charge is -2.04. The van der Waals surface area contributed by atoms with E-state index in [0.29, 0.717) is 11.3 Å². The number of thioether (sulfide) groups is 1. The quantitative estimate of drug-likeness (QED) is 0.414. The van der Waals surface area contributed by atoms with Crippen molar-refractivity contribution >= 4 is 34.0 Å². The molecular formula is C19H14N2OS. The van der Waals surface area contributed by atoms with Gasteiger partial charge < -0.3 is 0 Å². The predicted octanol–water partition coefficient (Wildman–Crippen LogP) is 4.44. The summed E-state index contributed by atoms with van der Waals surface area (Å²) < 4.78 is 1.91. The molecule has 0 N–H and O–H groups in total. The molecule has 23 heavy (non-hydrogen) atoms. The first-order valence-electron chi connectivity index (χ1n) is 7.33. The van der Waals surface area contributed by atoms with Crippen LogP contribution in [-0.4, -0.2) is 21.4 Å². The minimum atomic E-state index is -0.00210. The van der Waals surface area contributed by atoms with Crippen molar-refractivity contribution in [1.29, 1.82) is 0 Å². The van der Waals surface area contributed by atoms with E-state index in [9.17, 15) is 4.79 Å². The minimum absolute atomic E-state index is 0.00210. The second-order valence-electron chi connectivity index (χ2n) is 5.26. The van der Waals surface area contributed by atoms with Crippen LogP contribution in [0.25, 0.3) is 16.4 Å². The zero-order chi connectivity index (χ0) is 15.8. The van der Waals surface area contributed by atoms with Crippen molar-refractivity contribution in [3.8, 4) is 0 Å². The Kier molecular flexibility index (Phi) is 3.39. The van der Waals surface area contributed by atoms with Gasteiger partial charge in [0, 0.05) is 17.1 Å². The molecule has 0 aliphatic carbocycles. The molecule has 0 unspecified atom stereocenters. The SMILES string of the molecule is CSc1nc2c3ccccc3ccn2c1C(=O)c1ccccc1. The molecule has 2 heterocycles. The Labute approximate surface area is 138 Å². The van der Waals surface area contributed by atoms with Crippen LogP contribution in [0.4, 0.5) is 0 Å². The molecule has 4 rings (SSSR count). The van der Waals surface area contributed by atoms with Gasteiger partial charge in [0.05, 0.1) is 0 Å². The highest BCUT2D eigenvalue weighted by Gasteiger charge is 2.21. The van der Waals surface area contributed by atoms with Gasteiger partial charge in [-0.15, -0.1) is 11.8 Å². The molecule has 112 valence electrons. The summed E-state index contributed by atoms with van der Waals surface area (Å²) in [5.41, 5.74) is 2.13. The van der Waals surface area contributed by atoms with Gasteiger partial charge in [0.15, 0.2) is 0 Å². The standard InChI is InChI=1S/C19H14N2OS/c1-23-19-16(17(22)14-8-3-2-4-9-14)21-12-11-13-7-5-6-10-15(13)18(21)20-19/h2-12H,1H3. The van der Waals surface area contributed by atoms with E-state index >= 15 is 0 Å². The maximum atomic E-state index is 13.0. The van der Waals surface area contributed by atoms with E-state index in [4.69, 9.17) is 4.98 Å². The Morgan fingerprint density at radius 2 is 1.74 bits per heavy atom. The number of carbonyl (C=O) groups excluding carboxylic acids is 1. The molecular weight excluding hydrogens is 304 g/mol. The van der Waals surface area contributed by atoms with Gasteiger partial charge in [-0.25, -0.2) is 4.98 Å². The van der Waals surface area contributed by atoms with E-state index in [1.165, 1.54) is 11.8 Å². The molecule has 0 aliphatic rings. The van der Waals surface area contributed by atoms with Gasteiger partial charge in [0.1, 0.15) is 16.4 Å². The Bertz CT molecular complexity index is 1020. The Morgan fingerprint density at radius 3 is 2.52 bits per heavy atom. The van der Waals surface area contributed by atoms with Crippen molar-refractivity contribution in [2.24, 2.45) is 0 Å². The first-order chi connectivity index (χ1) is 11.3. The third kappa shape index (κ3) is 2.23. The van der Waals surface area contributed by atoms with Crippen molar-refractivity contribution in [3.63, 3.8) is 0 Å². The number of hydrogen-bond acceptors (Lipinski definition) is 3. The average Bonchev–Trinajstić information content (AvgIpc) is 3.01. The maximum absolute atomic E-state index is 13.0. The van der Waals surface area contributed by atoms with E-state index in [1.54, 1.807) is 0 Å². The van der Waals surface area contributed by atoms with E-state index < -0.39 is 0 Å². The molecule has 2 aromatic carbocycles. The van der Waals surface area contributed by atoms with Gasteiger partial charge in [-0.3, -0.25) is 9.20 Å². The third-order valence-electron chi connectivity index (χ3n) is 3.93. The van der Waals surface area contributed by atoms with Crippen molar-refractivity contribution in [2.75, 3.05) is 6.26 Å². The Balaban J connectivity index is 2.02. The second kappa shape index (κ2) is 5.56. The minimum Gasteiger partial charge on any atom is -0.295 e. The third-order valence-corrected chi connectivity index (χ3v) is 4.60. The molecule has 0 radical (unpaired) electrons. The summed E-state index contributed by atoms with van der Waals surface area (Å²) in [6.45, 7) is 0. The lowest BCUT2D eigenvalue weighted by molar-refractivity contribution is 0.103. The highest BCUT2D eigenvalue weighted by atomic mass is 32.2. The van der Waals surface area contributed by atoms with E-state index in [2.05, 4.69) is 6.07 Å². The van der Waals surface area contributed by atoms with E-state index in [1.807, 2.05) is 71.5 Å². The molecule has 0 aliphatic heterocycles. The lowest BCUT2D eigenvalue weighted by Crippen LogP contribution is -2.06. The fraction of sp³-hybridized carbons (Fsp3) is 0.0526. The summed E-state index contributed by atoms with van der Waals surface area (Å²) in [5, 5.41) is 2.93. The van der Waals surface area contributed by atoms with Gasteiger partial charge in [-0.2, -0.15) is 0 Å². The van der Waals surface area contributed by atoms with Crippen molar-refractivity contribution in [3.05, 3.63) is 78.1 Å². The zero-order valence-corrected chi connectivity index (χ0v) is 13.4. The van der Waals surface area contributed by atoms with E-state index in [-0.39, 0.29) is 5.78 Å². The number of nitrogens with zero attached hydrogens (tertiary/aromatic N) is 2. The zero-order valence-electron chi connectivity index (χ0n) is 12.6. The first-order valence-corrected chi connectivity index (χ1v) is 8.55. The molecule has 4 aromatic rings. The van der Waals surface area contributed by atoms with Crippen LogP contribution >= 0.6 is 11.8 Å². The van der Waals surface area contributed by atoms with Crippen LogP contribution in [0.5, 0.6) is 0 Å². The summed E-state index contributed by atoms with van der Waals surface area (Å²) >= 11 is 1.50. The number of imidazole rings is 1. The summed E-state index contributed by atoms with van der Waals surface area (Å²) in [5.74, 6) is -0.00210. The van der Waals surface area contributed by atoms with Gasteiger partial charge in [0.2, 0.25) is 5.78 Å². The van der Waals surface area contributed by atoms with Gasteiger partial charge in [-0.1, -0.05) is 54.6 Å². The number of carbonyl (C=O) groups is 1. The molecule has 0 atom stereocenters. The van der Waals surface area contributed by atoms with Crippen LogP contribution in [0, 0.1) is 0 Å². The topological polar surface area (TPSA) is 34.4 Å². The number of pyridine rings is 1. The number of benzene rings is 2. The number of fused-ring (bicyclic) bond motifs is 3. The van der Waals surface area contributed by atoms with Crippen molar-refractivity contribution in [2.45, 2.75) is 5.03 Å². The summed E-state index contributed by atoms with van der Waals surface area (Å²) in [6.07, 6.45) is 3.88. The monoisotopic (exact) mass is 318 g/mol. The normalized spacial score (nSPS) is 11.2. The van der Waals surface area contributed by atoms with Gasteiger partial charge >= 0.3 is 0 Å². The Morgan fingerprint density at radius 1 is 1.00 bits per heavy atom. The molecule has 0 fully saturated rings. The highest BCUT2D eigenvalue weighted by molar-refractivity contribution is 7.98. The Hall–Kier alpha value is -2.59. The summed E-state index contributed by atoms with van der Waals surface area (Å²) in [4.78, 5) is 17.7. The maximum Gasteiger partial charge on any atom is 0.212 e. The molecule has 4 heteroatoms. The van der Waals surface area contributed by atoms with Crippen LogP contribution in [-0.2, 0) is 0 Å². The summed E-state index contributed by atoms with van der Waals surface area (Å²) in [6, 6.07) is 19.5. The largest absolute Gasteiger partial charge is 0.295 e. The highest BCUT2D eigenvalue weighted by Crippen LogP contribution is 2.28. The van der Waals surface area contributed by atoms with Crippen LogP contribution in [0.15, 0.2) is 71.9 Å². The molecule has 0 saturated carbocycles. The van der Waals surface area contributed by atoms with Crippen LogP contribution in [0.1, 0.15) is 16.1 Å². The fourth-order valence-corrected chi connectivity index (χ4v) is 3.39. The predicted molar refractivity (Wildman–Crippen MR) is 94.4 cm³/mol. The molecule has 0 amide bonds. The number of rotatable bonds is 3. The first kappa shape index (κ1) is 14.0. The number of ketones is 1. The van der Waals surface area contributed by atoms with Gasteiger partial charge in [-0.05, 0) is 17.7 Å². The van der Waals surface area contributed by atoms with Crippen molar-refractivity contribution in [1.82, 2.24) is 9.38 Å². The van der Waals surface area contributed by atoms with E-state index in [0.717, 1.165) is 21.4 Å². The number of hydrogen-bond donors (Lipinski definition) is 0. The van der Waals surface area contributed by atoms with Crippen LogP contribution in [0.3, 0.4) is 0 Å². The van der Waals surface area contributed by atoms with Crippen LogP contribution < -0.4 is 0 Å². The second-order valence-corrected chi connectivity index (χ2v) is 6.06. The average molecular weight is 318 g/mol. The fourth-order valence-electron chi connectivity index (χ4n) is 2.82. The van der Waals surface area contributed by atoms with Gasteiger partial charge in [0.25, 0.3) is 0 Å². The molecule has 0 spiro atoms. The summed E-state index contributed by atoms with van der Waals surface area (Å²) in [7, 11) is 0. The molecule has 0 saturated heterocycles. The molecule has 0 bridgehead atoms. The lowest BCUT2D eigenvalue weighted by atomic mass is 10.1. The smallest absolute Gasteiger partial charge is 0.212 e. The molecule has 2 aromatic heterocycles. The van der Waals surface area contributed by atoms with Crippen molar-refractivity contribution < 1.29 is 4.79 Å². The van der Waals surface area contributed by atoms with Crippen LogP contribution in [0.2, 0.25) is 0 Å². The number of aromatic nitrogens is 2.